The maximum atomic E-state index is 5.64. The Labute approximate surface area is 68.3 Å². The van der Waals surface area contributed by atoms with Gasteiger partial charge in [-0.25, -0.2) is 0 Å². The molecule has 3 nitrogen and oxygen atoms in total. The Kier molecular flexibility index (Phi) is 2.87. The van der Waals surface area contributed by atoms with Crippen LogP contribution in [-0.4, -0.2) is 18.2 Å². The molecule has 0 spiro atoms. The van der Waals surface area contributed by atoms with Gasteiger partial charge in [0, 0.05) is 12.6 Å². The van der Waals surface area contributed by atoms with Crippen LogP contribution in [0.3, 0.4) is 0 Å². The second kappa shape index (κ2) is 3.52. The number of nitrogens with two attached hydrogens (primary N) is 1. The number of rotatable bonds is 3. The second-order valence-corrected chi connectivity index (χ2v) is 3.39. The molecule has 1 saturated heterocycles. The van der Waals surface area contributed by atoms with Crippen molar-refractivity contribution in [3.8, 4) is 0 Å². The van der Waals surface area contributed by atoms with Gasteiger partial charge in [-0.05, 0) is 26.2 Å². The molecular formula is C8H18N2O. The summed E-state index contributed by atoms with van der Waals surface area (Å²) >= 11 is 0. The van der Waals surface area contributed by atoms with E-state index in [0.717, 1.165) is 25.9 Å². The largest absolute Gasteiger partial charge is 0.374 e. The highest BCUT2D eigenvalue weighted by Crippen LogP contribution is 2.29. The van der Waals surface area contributed by atoms with Gasteiger partial charge in [-0.3, -0.25) is 11.3 Å². The standard InChI is InChI=1S/C8H18N2O/c1-3-7(10-9)8(2)5-4-6-11-8/h7,10H,3-6,9H2,1-2H3. The van der Waals surface area contributed by atoms with Crippen LogP contribution >= 0.6 is 0 Å². The first-order chi connectivity index (χ1) is 5.23. The summed E-state index contributed by atoms with van der Waals surface area (Å²) in [5.41, 5.74) is 2.78. The highest BCUT2D eigenvalue weighted by Gasteiger charge is 2.36. The van der Waals surface area contributed by atoms with Crippen molar-refractivity contribution >= 4 is 0 Å². The monoisotopic (exact) mass is 158 g/mol. The first kappa shape index (κ1) is 8.97. The maximum Gasteiger partial charge on any atom is 0.0820 e. The van der Waals surface area contributed by atoms with Crippen LogP contribution in [0.1, 0.15) is 33.1 Å². The van der Waals surface area contributed by atoms with Crippen LogP contribution in [0.4, 0.5) is 0 Å². The summed E-state index contributed by atoms with van der Waals surface area (Å²) in [5, 5.41) is 0. The molecule has 1 rings (SSSR count). The summed E-state index contributed by atoms with van der Waals surface area (Å²) in [6.45, 7) is 5.14. The van der Waals surface area contributed by atoms with Crippen molar-refractivity contribution in [3.05, 3.63) is 0 Å². The number of ether oxygens (including phenoxy) is 1. The van der Waals surface area contributed by atoms with Gasteiger partial charge in [-0.15, -0.1) is 0 Å². The quantitative estimate of drug-likeness (QED) is 0.471. The molecule has 0 radical (unpaired) electrons. The fraction of sp³-hybridized carbons (Fsp3) is 1.00. The Bertz CT molecular complexity index is 117. The van der Waals surface area contributed by atoms with Gasteiger partial charge in [0.25, 0.3) is 0 Å². The Morgan fingerprint density at radius 3 is 2.82 bits per heavy atom. The molecule has 1 aliphatic rings. The van der Waals surface area contributed by atoms with E-state index in [-0.39, 0.29) is 5.60 Å². The lowest BCUT2D eigenvalue weighted by atomic mass is 9.92. The Morgan fingerprint density at radius 2 is 2.45 bits per heavy atom. The molecule has 0 saturated carbocycles. The van der Waals surface area contributed by atoms with Crippen molar-refractivity contribution in [2.75, 3.05) is 6.61 Å². The van der Waals surface area contributed by atoms with E-state index in [1.54, 1.807) is 0 Å². The minimum absolute atomic E-state index is 0.0243. The third-order valence-corrected chi connectivity index (χ3v) is 2.60. The number of hydrazine groups is 1. The third kappa shape index (κ3) is 1.72. The van der Waals surface area contributed by atoms with Crippen molar-refractivity contribution < 1.29 is 4.74 Å². The summed E-state index contributed by atoms with van der Waals surface area (Å²) in [5.74, 6) is 5.42. The van der Waals surface area contributed by atoms with Gasteiger partial charge in [-0.1, -0.05) is 6.92 Å². The molecule has 1 aliphatic heterocycles. The van der Waals surface area contributed by atoms with Crippen molar-refractivity contribution in [1.82, 2.24) is 5.43 Å². The molecule has 2 unspecified atom stereocenters. The number of hydrogen-bond donors (Lipinski definition) is 2. The van der Waals surface area contributed by atoms with Crippen LogP contribution in [-0.2, 0) is 4.74 Å². The fourth-order valence-electron chi connectivity index (χ4n) is 1.80. The van der Waals surface area contributed by atoms with Crippen LogP contribution in [0.25, 0.3) is 0 Å². The Morgan fingerprint density at radius 1 is 1.73 bits per heavy atom. The van der Waals surface area contributed by atoms with Crippen molar-refractivity contribution in [1.29, 1.82) is 0 Å². The van der Waals surface area contributed by atoms with E-state index in [1.165, 1.54) is 0 Å². The van der Waals surface area contributed by atoms with Crippen molar-refractivity contribution in [2.24, 2.45) is 5.84 Å². The van der Waals surface area contributed by atoms with Gasteiger partial charge in [0.05, 0.1) is 5.60 Å². The zero-order valence-corrected chi connectivity index (χ0v) is 7.39. The van der Waals surface area contributed by atoms with E-state index in [4.69, 9.17) is 10.6 Å². The molecule has 0 aromatic rings. The average Bonchev–Trinajstić information content (AvgIpc) is 2.39. The Balaban J connectivity index is 2.53. The summed E-state index contributed by atoms with van der Waals surface area (Å²) in [7, 11) is 0. The molecule has 0 aliphatic carbocycles. The van der Waals surface area contributed by atoms with Crippen LogP contribution in [0.15, 0.2) is 0 Å². The van der Waals surface area contributed by atoms with Crippen molar-refractivity contribution in [2.45, 2.75) is 44.8 Å². The van der Waals surface area contributed by atoms with Crippen LogP contribution < -0.4 is 11.3 Å². The zero-order valence-electron chi connectivity index (χ0n) is 7.39. The van der Waals surface area contributed by atoms with Gasteiger partial charge in [0.1, 0.15) is 0 Å². The van der Waals surface area contributed by atoms with Gasteiger partial charge < -0.3 is 4.74 Å². The van der Waals surface area contributed by atoms with E-state index in [2.05, 4.69) is 19.3 Å². The smallest absolute Gasteiger partial charge is 0.0820 e. The van der Waals surface area contributed by atoms with E-state index in [0.29, 0.717) is 6.04 Å². The average molecular weight is 158 g/mol. The lowest BCUT2D eigenvalue weighted by molar-refractivity contribution is -0.0125. The molecule has 0 amide bonds. The van der Waals surface area contributed by atoms with Gasteiger partial charge in [0.2, 0.25) is 0 Å². The van der Waals surface area contributed by atoms with E-state index in [1.807, 2.05) is 0 Å². The van der Waals surface area contributed by atoms with E-state index in [9.17, 15) is 0 Å². The normalized spacial score (nSPS) is 34.1. The van der Waals surface area contributed by atoms with E-state index < -0.39 is 0 Å². The molecule has 11 heavy (non-hydrogen) atoms. The van der Waals surface area contributed by atoms with E-state index >= 15 is 0 Å². The maximum absolute atomic E-state index is 5.64. The molecule has 3 N–H and O–H groups in total. The van der Waals surface area contributed by atoms with Crippen LogP contribution in [0, 0.1) is 0 Å². The molecule has 0 aromatic heterocycles. The minimum atomic E-state index is -0.0243. The molecule has 3 heteroatoms. The lowest BCUT2D eigenvalue weighted by Gasteiger charge is -2.31. The number of hydrogen-bond acceptors (Lipinski definition) is 3. The van der Waals surface area contributed by atoms with Crippen LogP contribution in [0.2, 0.25) is 0 Å². The summed E-state index contributed by atoms with van der Waals surface area (Å²) < 4.78 is 5.64. The summed E-state index contributed by atoms with van der Waals surface area (Å²) in [6.07, 6.45) is 3.30. The first-order valence-electron chi connectivity index (χ1n) is 4.33. The van der Waals surface area contributed by atoms with Crippen molar-refractivity contribution in [3.63, 3.8) is 0 Å². The Hall–Kier alpha value is -0.120. The predicted octanol–water partition coefficient (Wildman–Crippen LogP) is 0.797. The zero-order chi connectivity index (χ0) is 8.32. The highest BCUT2D eigenvalue weighted by atomic mass is 16.5. The minimum Gasteiger partial charge on any atom is -0.374 e. The molecule has 0 bridgehead atoms. The predicted molar refractivity (Wildman–Crippen MR) is 45.0 cm³/mol. The molecule has 2 atom stereocenters. The summed E-state index contributed by atoms with van der Waals surface area (Å²) in [4.78, 5) is 0. The topological polar surface area (TPSA) is 47.3 Å². The van der Waals surface area contributed by atoms with Crippen LogP contribution in [0.5, 0.6) is 0 Å². The highest BCUT2D eigenvalue weighted by molar-refractivity contribution is 4.90. The molecule has 1 heterocycles. The SMILES string of the molecule is CCC(NN)C1(C)CCCO1. The van der Waals surface area contributed by atoms with Gasteiger partial charge in [-0.2, -0.15) is 0 Å². The molecule has 1 fully saturated rings. The molecule has 66 valence electrons. The lowest BCUT2D eigenvalue weighted by Crippen LogP contribution is -2.50. The molecular weight excluding hydrogens is 140 g/mol. The first-order valence-corrected chi connectivity index (χ1v) is 4.33. The summed E-state index contributed by atoms with van der Waals surface area (Å²) in [6, 6.07) is 0.296. The number of nitrogens with one attached hydrogen (secondary N) is 1. The second-order valence-electron chi connectivity index (χ2n) is 3.39. The third-order valence-electron chi connectivity index (χ3n) is 2.60. The van der Waals surface area contributed by atoms with Gasteiger partial charge in [0.15, 0.2) is 0 Å². The fourth-order valence-corrected chi connectivity index (χ4v) is 1.80. The van der Waals surface area contributed by atoms with Gasteiger partial charge >= 0.3 is 0 Å². The molecule has 0 aromatic carbocycles.